The number of ether oxygens (including phenoxy) is 1. The number of fused-ring (bicyclic) bond motifs is 2. The number of thioether (sulfide) groups is 1. The Morgan fingerprint density at radius 1 is 1.12 bits per heavy atom. The Hall–Kier alpha value is -2.46. The molecule has 2 aromatic carbocycles. The fraction of sp³-hybridized carbons (Fsp3) is 0.227. The molecule has 0 saturated carbocycles. The quantitative estimate of drug-likeness (QED) is 0.609. The molecule has 0 amide bonds. The van der Waals surface area contributed by atoms with Gasteiger partial charge in [-0.3, -0.25) is 0 Å². The fourth-order valence-electron chi connectivity index (χ4n) is 3.45. The van der Waals surface area contributed by atoms with E-state index >= 15 is 0 Å². The van der Waals surface area contributed by atoms with Crippen molar-refractivity contribution in [2.45, 2.75) is 25.3 Å². The van der Waals surface area contributed by atoms with E-state index in [9.17, 15) is 0 Å². The maximum absolute atomic E-state index is 5.36. The molecule has 3 aromatic rings. The maximum atomic E-state index is 5.36. The lowest BCUT2D eigenvalue weighted by atomic mass is 10.1. The van der Waals surface area contributed by atoms with Crippen molar-refractivity contribution in [2.75, 3.05) is 19.1 Å². The van der Waals surface area contributed by atoms with Gasteiger partial charge in [0.25, 0.3) is 0 Å². The zero-order valence-electron chi connectivity index (χ0n) is 15.6. The van der Waals surface area contributed by atoms with Crippen molar-refractivity contribution in [1.29, 1.82) is 0 Å². The molecule has 0 N–H and O–H groups in total. The van der Waals surface area contributed by atoms with Gasteiger partial charge in [-0.25, -0.2) is 0 Å². The molecule has 1 aromatic heterocycles. The predicted octanol–water partition coefficient (Wildman–Crippen LogP) is 5.00. The highest BCUT2D eigenvalue weighted by Gasteiger charge is 2.24. The molecule has 26 heavy (non-hydrogen) atoms. The van der Waals surface area contributed by atoms with Gasteiger partial charge in [-0.05, 0) is 49.7 Å². The van der Waals surface area contributed by atoms with Crippen LogP contribution in [0.15, 0.2) is 58.5 Å². The molecule has 2 heterocycles. The molecule has 0 unspecified atom stereocenters. The van der Waals surface area contributed by atoms with Gasteiger partial charge in [-0.1, -0.05) is 17.8 Å². The molecular formula is C22H23N2OS+. The van der Waals surface area contributed by atoms with Crippen molar-refractivity contribution in [2.24, 2.45) is 0 Å². The number of aryl methyl sites for hydroxylation is 2. The van der Waals surface area contributed by atoms with E-state index in [1.807, 2.05) is 17.8 Å². The van der Waals surface area contributed by atoms with E-state index in [2.05, 4.69) is 78.9 Å². The molecule has 132 valence electrons. The molecule has 4 heteroatoms. The number of benzene rings is 2. The van der Waals surface area contributed by atoms with Crippen LogP contribution in [0.3, 0.4) is 0 Å². The summed E-state index contributed by atoms with van der Waals surface area (Å²) in [5.74, 6) is 0.892. The van der Waals surface area contributed by atoms with Crippen molar-refractivity contribution in [1.82, 2.24) is 0 Å². The molecule has 1 aliphatic rings. The van der Waals surface area contributed by atoms with Crippen LogP contribution in [0, 0.1) is 6.92 Å². The third-order valence-corrected chi connectivity index (χ3v) is 6.03. The lowest BCUT2D eigenvalue weighted by Gasteiger charge is -2.13. The normalized spacial score (nSPS) is 14.9. The summed E-state index contributed by atoms with van der Waals surface area (Å²) in [6, 6.07) is 17.3. The number of hydrogen-bond donors (Lipinski definition) is 0. The maximum Gasteiger partial charge on any atom is 0.213 e. The van der Waals surface area contributed by atoms with Crippen molar-refractivity contribution in [3.05, 3.63) is 64.8 Å². The highest BCUT2D eigenvalue weighted by Crippen LogP contribution is 2.45. The molecule has 0 atom stereocenters. The topological polar surface area (TPSA) is 16.4 Å². The average molecular weight is 364 g/mol. The van der Waals surface area contributed by atoms with Crippen LogP contribution >= 0.6 is 11.8 Å². The van der Waals surface area contributed by atoms with Crippen LogP contribution in [-0.2, 0) is 6.54 Å². The van der Waals surface area contributed by atoms with Gasteiger partial charge in [0.2, 0.25) is 11.2 Å². The third kappa shape index (κ3) is 2.84. The Balaban J connectivity index is 1.79. The zero-order valence-corrected chi connectivity index (χ0v) is 16.4. The first-order chi connectivity index (χ1) is 12.6. The van der Waals surface area contributed by atoms with E-state index in [0.29, 0.717) is 0 Å². The van der Waals surface area contributed by atoms with Gasteiger partial charge in [0.15, 0.2) is 0 Å². The fourth-order valence-corrected chi connectivity index (χ4v) is 4.65. The van der Waals surface area contributed by atoms with E-state index < -0.39 is 0 Å². The van der Waals surface area contributed by atoms with Crippen LogP contribution in [0.2, 0.25) is 0 Å². The Bertz CT molecular complexity index is 1030. The number of pyridine rings is 1. The first kappa shape index (κ1) is 17.0. The van der Waals surface area contributed by atoms with Gasteiger partial charge in [0, 0.05) is 30.2 Å². The summed E-state index contributed by atoms with van der Waals surface area (Å²) in [4.78, 5) is 3.60. The van der Waals surface area contributed by atoms with E-state index in [1.165, 1.54) is 37.8 Å². The van der Waals surface area contributed by atoms with Crippen molar-refractivity contribution >= 4 is 34.4 Å². The van der Waals surface area contributed by atoms with Crippen LogP contribution in [0.5, 0.6) is 5.75 Å². The molecule has 0 spiro atoms. The van der Waals surface area contributed by atoms with Crippen LogP contribution in [0.1, 0.15) is 18.2 Å². The summed E-state index contributed by atoms with van der Waals surface area (Å²) in [6.45, 7) is 5.25. The van der Waals surface area contributed by atoms with E-state index in [4.69, 9.17) is 4.74 Å². The van der Waals surface area contributed by atoms with Crippen molar-refractivity contribution in [3.8, 4) is 5.75 Å². The third-order valence-electron chi connectivity index (χ3n) is 4.88. The molecule has 0 bridgehead atoms. The first-order valence-electron chi connectivity index (χ1n) is 8.85. The van der Waals surface area contributed by atoms with Crippen LogP contribution in [-0.4, -0.2) is 14.2 Å². The molecule has 0 saturated heterocycles. The number of rotatable bonds is 3. The van der Waals surface area contributed by atoms with Gasteiger partial charge in [0.05, 0.1) is 23.2 Å². The predicted molar refractivity (Wildman–Crippen MR) is 110 cm³/mol. The molecule has 0 radical (unpaired) electrons. The van der Waals surface area contributed by atoms with Gasteiger partial charge < -0.3 is 9.64 Å². The second kappa shape index (κ2) is 6.69. The summed E-state index contributed by atoms with van der Waals surface area (Å²) in [5.41, 5.74) is 5.01. The van der Waals surface area contributed by atoms with Gasteiger partial charge in [0.1, 0.15) is 12.3 Å². The lowest BCUT2D eigenvalue weighted by Crippen LogP contribution is -2.36. The first-order valence-corrected chi connectivity index (χ1v) is 9.67. The van der Waals surface area contributed by atoms with Gasteiger partial charge in [-0.2, -0.15) is 4.57 Å². The largest absolute Gasteiger partial charge is 0.497 e. The molecule has 3 nitrogen and oxygen atoms in total. The Morgan fingerprint density at radius 2 is 1.96 bits per heavy atom. The molecule has 0 fully saturated rings. The minimum absolute atomic E-state index is 0.892. The van der Waals surface area contributed by atoms with Crippen molar-refractivity contribution < 1.29 is 9.30 Å². The van der Waals surface area contributed by atoms with Gasteiger partial charge in [-0.15, -0.1) is 0 Å². The van der Waals surface area contributed by atoms with Crippen molar-refractivity contribution in [3.63, 3.8) is 0 Å². The van der Waals surface area contributed by atoms with E-state index in [-0.39, 0.29) is 0 Å². The highest BCUT2D eigenvalue weighted by atomic mass is 32.2. The molecule has 1 aliphatic heterocycles. The number of aromatic nitrogens is 1. The summed E-state index contributed by atoms with van der Waals surface area (Å²) >= 11 is 1.84. The number of methoxy groups -OCH3 is 1. The number of nitrogens with zero attached hydrogens (tertiary/aromatic N) is 2. The average Bonchev–Trinajstić information content (AvgIpc) is 2.95. The summed E-state index contributed by atoms with van der Waals surface area (Å²) in [6.07, 6.45) is 2.28. The minimum atomic E-state index is 0.892. The second-order valence-corrected chi connectivity index (χ2v) is 7.60. The number of anilines is 1. The Kier molecular flexibility index (Phi) is 4.37. The van der Waals surface area contributed by atoms with E-state index in [1.54, 1.807) is 7.11 Å². The van der Waals surface area contributed by atoms with E-state index in [0.717, 1.165) is 12.3 Å². The second-order valence-electron chi connectivity index (χ2n) is 6.54. The molecule has 0 aliphatic carbocycles. The monoisotopic (exact) mass is 363 g/mol. The highest BCUT2D eigenvalue weighted by molar-refractivity contribution is 8.03. The standard InChI is InChI=1S/C22H23N2OS/c1-5-24-17(8-7-16-13-18(25-4)9-11-19(16)24)14-22-23(3)20-10-6-15(2)12-21(20)26-22/h6-14H,5H2,1-4H3/q+1. The van der Waals surface area contributed by atoms with Crippen LogP contribution in [0.25, 0.3) is 17.0 Å². The molecule has 4 rings (SSSR count). The summed E-state index contributed by atoms with van der Waals surface area (Å²) in [7, 11) is 3.85. The minimum Gasteiger partial charge on any atom is -0.497 e. The van der Waals surface area contributed by atoms with Crippen LogP contribution < -0.4 is 14.2 Å². The summed E-state index contributed by atoms with van der Waals surface area (Å²) < 4.78 is 7.71. The zero-order chi connectivity index (χ0) is 18.3. The smallest absolute Gasteiger partial charge is 0.213 e. The summed E-state index contributed by atoms with van der Waals surface area (Å²) in [5, 5.41) is 2.44. The SMILES string of the molecule is CC[n+]1c(/C=C2/Sc3cc(C)ccc3N2C)ccc2cc(OC)ccc21. The van der Waals surface area contributed by atoms with Gasteiger partial charge >= 0.3 is 0 Å². The number of hydrogen-bond acceptors (Lipinski definition) is 3. The Morgan fingerprint density at radius 3 is 2.73 bits per heavy atom. The van der Waals surface area contributed by atoms with Crippen LogP contribution in [0.4, 0.5) is 5.69 Å². The Labute approximate surface area is 158 Å². The molecular weight excluding hydrogens is 340 g/mol. The lowest BCUT2D eigenvalue weighted by molar-refractivity contribution is -0.669.